The Morgan fingerprint density at radius 1 is 1.07 bits per heavy atom. The minimum absolute atomic E-state index is 0.0967. The smallest absolute Gasteiger partial charge is 0.277 e. The Kier molecular flexibility index (Phi) is 5.43. The summed E-state index contributed by atoms with van der Waals surface area (Å²) in [4.78, 5) is 12.2. The summed E-state index contributed by atoms with van der Waals surface area (Å²) in [6.07, 6.45) is 0.817. The number of nitrogens with one attached hydrogen (secondary N) is 1. The zero-order chi connectivity index (χ0) is 19.3. The summed E-state index contributed by atoms with van der Waals surface area (Å²) in [5.41, 5.74) is 1.23. The van der Waals surface area contributed by atoms with Crippen LogP contribution in [-0.2, 0) is 4.79 Å². The van der Waals surface area contributed by atoms with E-state index in [1.807, 2.05) is 0 Å². The van der Waals surface area contributed by atoms with Crippen LogP contribution < -0.4 is 14.8 Å². The van der Waals surface area contributed by atoms with Crippen molar-refractivity contribution in [2.75, 3.05) is 24.3 Å². The molecule has 1 amide bonds. The molecule has 1 aromatic heterocycles. The number of halogens is 1. The van der Waals surface area contributed by atoms with Crippen LogP contribution in [-0.4, -0.2) is 35.1 Å². The van der Waals surface area contributed by atoms with Crippen molar-refractivity contribution in [3.05, 3.63) is 48.3 Å². The first-order chi connectivity index (χ1) is 13.7. The van der Waals surface area contributed by atoms with Crippen molar-refractivity contribution in [2.45, 2.75) is 11.6 Å². The van der Waals surface area contributed by atoms with Gasteiger partial charge in [0.05, 0.1) is 19.0 Å². The van der Waals surface area contributed by atoms with E-state index in [2.05, 4.69) is 15.5 Å². The second kappa shape index (κ2) is 8.30. The Bertz CT molecular complexity index is 978. The molecule has 4 rings (SSSR count). The van der Waals surface area contributed by atoms with E-state index < -0.39 is 0 Å². The van der Waals surface area contributed by atoms with Crippen LogP contribution in [0.15, 0.2) is 52.1 Å². The van der Waals surface area contributed by atoms with Crippen LogP contribution in [0.3, 0.4) is 0 Å². The fourth-order valence-electron chi connectivity index (χ4n) is 2.54. The lowest BCUT2D eigenvalue weighted by Crippen LogP contribution is -2.14. The van der Waals surface area contributed by atoms with Crippen LogP contribution >= 0.6 is 11.8 Å². The van der Waals surface area contributed by atoms with E-state index in [1.54, 1.807) is 30.3 Å². The van der Waals surface area contributed by atoms with Gasteiger partial charge in [0.1, 0.15) is 5.82 Å². The topological polar surface area (TPSA) is 86.5 Å². The number of thioether (sulfide) groups is 1. The molecular weight excluding hydrogens is 385 g/mol. The Morgan fingerprint density at radius 3 is 2.68 bits per heavy atom. The molecule has 3 aromatic rings. The second-order valence-electron chi connectivity index (χ2n) is 5.93. The molecule has 1 aliphatic heterocycles. The summed E-state index contributed by atoms with van der Waals surface area (Å²) in [6, 6.07) is 11.0. The third kappa shape index (κ3) is 4.42. The van der Waals surface area contributed by atoms with Crippen LogP contribution in [0.2, 0.25) is 0 Å². The standard InChI is InChI=1S/C19H16FN3O4S/c20-13-4-2-12(3-5-13)18-22-23-19(27-18)28-11-17(24)21-14-6-7-15-16(10-14)26-9-1-8-25-15/h2-7,10H,1,8-9,11H2,(H,21,24). The first-order valence-electron chi connectivity index (χ1n) is 8.59. The van der Waals surface area contributed by atoms with E-state index in [4.69, 9.17) is 13.9 Å². The Balaban J connectivity index is 1.34. The van der Waals surface area contributed by atoms with Gasteiger partial charge in [-0.1, -0.05) is 11.8 Å². The molecule has 28 heavy (non-hydrogen) atoms. The predicted molar refractivity (Wildman–Crippen MR) is 101 cm³/mol. The molecule has 0 atom stereocenters. The normalized spacial score (nSPS) is 13.0. The molecule has 1 N–H and O–H groups in total. The van der Waals surface area contributed by atoms with Gasteiger partial charge in [0.15, 0.2) is 11.5 Å². The van der Waals surface area contributed by atoms with Crippen molar-refractivity contribution >= 4 is 23.4 Å². The maximum absolute atomic E-state index is 13.0. The molecule has 144 valence electrons. The summed E-state index contributed by atoms with van der Waals surface area (Å²) >= 11 is 1.12. The van der Waals surface area contributed by atoms with Gasteiger partial charge in [0.2, 0.25) is 11.8 Å². The van der Waals surface area contributed by atoms with Gasteiger partial charge in [-0.2, -0.15) is 0 Å². The molecule has 0 fully saturated rings. The molecule has 0 unspecified atom stereocenters. The van der Waals surface area contributed by atoms with Crippen LogP contribution in [0.25, 0.3) is 11.5 Å². The number of hydrogen-bond acceptors (Lipinski definition) is 7. The maximum Gasteiger partial charge on any atom is 0.277 e. The average molecular weight is 401 g/mol. The largest absolute Gasteiger partial charge is 0.490 e. The van der Waals surface area contributed by atoms with Crippen molar-refractivity contribution in [2.24, 2.45) is 0 Å². The molecule has 0 bridgehead atoms. The molecule has 2 heterocycles. The number of carbonyl (C=O) groups is 1. The van der Waals surface area contributed by atoms with Gasteiger partial charge in [-0.15, -0.1) is 10.2 Å². The molecular formula is C19H16FN3O4S. The lowest BCUT2D eigenvalue weighted by atomic mass is 10.2. The lowest BCUT2D eigenvalue weighted by Gasteiger charge is -2.10. The highest BCUT2D eigenvalue weighted by Gasteiger charge is 2.14. The fourth-order valence-corrected chi connectivity index (χ4v) is 3.11. The summed E-state index contributed by atoms with van der Waals surface area (Å²) in [7, 11) is 0. The Morgan fingerprint density at radius 2 is 1.86 bits per heavy atom. The van der Waals surface area contributed by atoms with E-state index >= 15 is 0 Å². The SMILES string of the molecule is O=C(CSc1nnc(-c2ccc(F)cc2)o1)Nc1ccc2c(c1)OCCCO2. The number of benzene rings is 2. The number of amides is 1. The molecule has 2 aromatic carbocycles. The van der Waals surface area contributed by atoms with E-state index in [0.717, 1.165) is 18.2 Å². The summed E-state index contributed by atoms with van der Waals surface area (Å²) in [5, 5.41) is 10.9. The zero-order valence-corrected chi connectivity index (χ0v) is 15.5. The fraction of sp³-hybridized carbons (Fsp3) is 0.211. The molecule has 9 heteroatoms. The molecule has 0 spiro atoms. The van der Waals surface area contributed by atoms with Crippen molar-refractivity contribution in [1.82, 2.24) is 10.2 Å². The minimum atomic E-state index is -0.343. The second-order valence-corrected chi connectivity index (χ2v) is 6.86. The number of aromatic nitrogens is 2. The van der Waals surface area contributed by atoms with Crippen molar-refractivity contribution in [3.63, 3.8) is 0 Å². The number of fused-ring (bicyclic) bond motifs is 1. The number of anilines is 1. The zero-order valence-electron chi connectivity index (χ0n) is 14.7. The van der Waals surface area contributed by atoms with E-state index in [1.165, 1.54) is 12.1 Å². The Hall–Kier alpha value is -3.07. The number of ether oxygens (including phenoxy) is 2. The van der Waals surface area contributed by atoms with E-state index in [9.17, 15) is 9.18 Å². The van der Waals surface area contributed by atoms with Gasteiger partial charge >= 0.3 is 0 Å². The molecule has 1 aliphatic rings. The molecule has 0 aliphatic carbocycles. The third-order valence-corrected chi connectivity index (χ3v) is 4.67. The first kappa shape index (κ1) is 18.3. The minimum Gasteiger partial charge on any atom is -0.490 e. The van der Waals surface area contributed by atoms with Crippen molar-refractivity contribution in [1.29, 1.82) is 0 Å². The van der Waals surface area contributed by atoms with Gasteiger partial charge in [-0.05, 0) is 36.4 Å². The highest BCUT2D eigenvalue weighted by atomic mass is 32.2. The average Bonchev–Trinajstić information content (AvgIpc) is 3.05. The van der Waals surface area contributed by atoms with E-state index in [-0.39, 0.29) is 28.6 Å². The predicted octanol–water partition coefficient (Wildman–Crippen LogP) is 3.77. The number of nitrogens with zero attached hydrogens (tertiary/aromatic N) is 2. The molecule has 7 nitrogen and oxygen atoms in total. The maximum atomic E-state index is 13.0. The van der Waals surface area contributed by atoms with Gasteiger partial charge in [0.25, 0.3) is 5.22 Å². The third-order valence-electron chi connectivity index (χ3n) is 3.86. The number of hydrogen-bond donors (Lipinski definition) is 1. The first-order valence-corrected chi connectivity index (χ1v) is 9.58. The highest BCUT2D eigenvalue weighted by Crippen LogP contribution is 2.32. The number of carbonyl (C=O) groups excluding carboxylic acids is 1. The molecule has 0 radical (unpaired) electrons. The van der Waals surface area contributed by atoms with Gasteiger partial charge < -0.3 is 19.2 Å². The summed E-state index contributed by atoms with van der Waals surface area (Å²) in [5.74, 6) is 1.09. The van der Waals surface area contributed by atoms with Gasteiger partial charge in [-0.3, -0.25) is 4.79 Å². The summed E-state index contributed by atoms with van der Waals surface area (Å²) < 4.78 is 29.7. The van der Waals surface area contributed by atoms with Crippen LogP contribution in [0.4, 0.5) is 10.1 Å². The highest BCUT2D eigenvalue weighted by molar-refractivity contribution is 7.99. The van der Waals surface area contributed by atoms with Gasteiger partial charge in [-0.25, -0.2) is 4.39 Å². The van der Waals surface area contributed by atoms with Crippen molar-refractivity contribution in [3.8, 4) is 23.0 Å². The number of rotatable bonds is 5. The van der Waals surface area contributed by atoms with Crippen LogP contribution in [0, 0.1) is 5.82 Å². The van der Waals surface area contributed by atoms with Crippen molar-refractivity contribution < 1.29 is 23.1 Å². The van der Waals surface area contributed by atoms with Gasteiger partial charge in [0, 0.05) is 23.7 Å². The van der Waals surface area contributed by atoms with Crippen LogP contribution in [0.5, 0.6) is 11.5 Å². The monoisotopic (exact) mass is 401 g/mol. The molecule has 0 saturated heterocycles. The molecule has 0 saturated carbocycles. The quantitative estimate of drug-likeness (QED) is 0.651. The lowest BCUT2D eigenvalue weighted by molar-refractivity contribution is -0.113. The Labute approximate surface area is 164 Å². The van der Waals surface area contributed by atoms with Crippen LogP contribution in [0.1, 0.15) is 6.42 Å². The van der Waals surface area contributed by atoms with E-state index in [0.29, 0.717) is 36.0 Å². The summed E-state index contributed by atoms with van der Waals surface area (Å²) in [6.45, 7) is 1.19.